The van der Waals surface area contributed by atoms with E-state index in [1.165, 1.54) is 7.11 Å². The van der Waals surface area contributed by atoms with E-state index in [9.17, 15) is 9.59 Å². The summed E-state index contributed by atoms with van der Waals surface area (Å²) in [6.07, 6.45) is 0.495. The van der Waals surface area contributed by atoms with E-state index in [4.69, 9.17) is 10.00 Å². The molecular formula is C16H20N2O4. The van der Waals surface area contributed by atoms with Crippen LogP contribution in [0.4, 0.5) is 0 Å². The summed E-state index contributed by atoms with van der Waals surface area (Å²) in [7, 11) is 1.29. The normalized spacial score (nSPS) is 11.4. The quantitative estimate of drug-likeness (QED) is 0.774. The number of nitrogens with one attached hydrogen (secondary N) is 1. The van der Waals surface area contributed by atoms with Gasteiger partial charge in [0.05, 0.1) is 18.7 Å². The Morgan fingerprint density at radius 2 is 1.91 bits per heavy atom. The highest BCUT2D eigenvalue weighted by Crippen LogP contribution is 2.11. The molecule has 0 fully saturated rings. The monoisotopic (exact) mass is 304 g/mol. The minimum absolute atomic E-state index is 0.211. The molecule has 1 unspecified atom stereocenters. The first-order valence-electron chi connectivity index (χ1n) is 6.96. The molecule has 0 bridgehead atoms. The van der Waals surface area contributed by atoms with Gasteiger partial charge in [-0.3, -0.25) is 4.79 Å². The van der Waals surface area contributed by atoms with Crippen LogP contribution in [0.15, 0.2) is 24.3 Å². The molecule has 22 heavy (non-hydrogen) atoms. The maximum atomic E-state index is 11.9. The molecule has 0 aliphatic heterocycles. The fraction of sp³-hybridized carbons (Fsp3) is 0.438. The smallest absolute Gasteiger partial charge is 0.328 e. The Kier molecular flexibility index (Phi) is 6.90. The van der Waals surface area contributed by atoms with Crippen LogP contribution in [0, 0.1) is 17.2 Å². The van der Waals surface area contributed by atoms with Crippen LogP contribution in [0.3, 0.4) is 0 Å². The van der Waals surface area contributed by atoms with Gasteiger partial charge < -0.3 is 14.8 Å². The predicted molar refractivity (Wildman–Crippen MR) is 80.1 cm³/mol. The Morgan fingerprint density at radius 3 is 2.41 bits per heavy atom. The number of carbonyl (C=O) groups is 2. The maximum absolute atomic E-state index is 11.9. The lowest BCUT2D eigenvalue weighted by Crippen LogP contribution is -2.44. The number of hydrogen-bond donors (Lipinski definition) is 1. The Balaban J connectivity index is 2.52. The van der Waals surface area contributed by atoms with Crippen LogP contribution in [0.5, 0.6) is 5.75 Å². The largest absolute Gasteiger partial charge is 0.484 e. The molecule has 0 aromatic heterocycles. The summed E-state index contributed by atoms with van der Waals surface area (Å²) >= 11 is 0. The first-order valence-corrected chi connectivity index (χ1v) is 6.96. The Morgan fingerprint density at radius 1 is 1.27 bits per heavy atom. The van der Waals surface area contributed by atoms with E-state index in [0.717, 1.165) is 0 Å². The van der Waals surface area contributed by atoms with Crippen molar-refractivity contribution < 1.29 is 19.1 Å². The van der Waals surface area contributed by atoms with E-state index in [2.05, 4.69) is 10.1 Å². The van der Waals surface area contributed by atoms with E-state index >= 15 is 0 Å². The number of ether oxygens (including phenoxy) is 2. The van der Waals surface area contributed by atoms with Gasteiger partial charge in [0.1, 0.15) is 11.8 Å². The lowest BCUT2D eigenvalue weighted by Gasteiger charge is -2.18. The number of benzene rings is 1. The second-order valence-corrected chi connectivity index (χ2v) is 5.20. The highest BCUT2D eigenvalue weighted by molar-refractivity contribution is 5.85. The molecule has 0 saturated carbocycles. The van der Waals surface area contributed by atoms with Crippen molar-refractivity contribution in [2.45, 2.75) is 26.3 Å². The van der Waals surface area contributed by atoms with E-state index in [-0.39, 0.29) is 12.5 Å². The molecule has 0 aliphatic carbocycles. The van der Waals surface area contributed by atoms with Crippen molar-refractivity contribution in [1.82, 2.24) is 5.32 Å². The number of carbonyl (C=O) groups excluding carboxylic acids is 2. The van der Waals surface area contributed by atoms with Crippen LogP contribution in [0.1, 0.15) is 25.8 Å². The SMILES string of the molecule is COC(=O)C(CC(C)C)NC(=O)COc1ccc(C#N)cc1. The number of esters is 1. The van der Waals surface area contributed by atoms with Crippen molar-refractivity contribution >= 4 is 11.9 Å². The van der Waals surface area contributed by atoms with E-state index in [1.54, 1.807) is 24.3 Å². The zero-order valence-corrected chi connectivity index (χ0v) is 13.0. The van der Waals surface area contributed by atoms with Crippen molar-refractivity contribution in [2.24, 2.45) is 5.92 Å². The van der Waals surface area contributed by atoms with Crippen molar-refractivity contribution in [3.05, 3.63) is 29.8 Å². The molecule has 6 nitrogen and oxygen atoms in total. The fourth-order valence-electron chi connectivity index (χ4n) is 1.84. The molecule has 0 heterocycles. The van der Waals surface area contributed by atoms with Crippen LogP contribution in [0.2, 0.25) is 0 Å². The number of nitrogens with zero attached hydrogens (tertiary/aromatic N) is 1. The molecule has 0 radical (unpaired) electrons. The number of methoxy groups -OCH3 is 1. The Hall–Kier alpha value is -2.55. The Bertz CT molecular complexity index is 546. The first-order chi connectivity index (χ1) is 10.5. The summed E-state index contributed by atoms with van der Waals surface area (Å²) in [5.74, 6) is -0.155. The highest BCUT2D eigenvalue weighted by atomic mass is 16.5. The minimum atomic E-state index is -0.679. The van der Waals surface area contributed by atoms with Gasteiger partial charge in [-0.15, -0.1) is 0 Å². The number of nitriles is 1. The molecule has 1 atom stereocenters. The van der Waals surface area contributed by atoms with Crippen LogP contribution in [-0.4, -0.2) is 31.6 Å². The zero-order chi connectivity index (χ0) is 16.5. The molecule has 1 amide bonds. The van der Waals surface area contributed by atoms with Crippen LogP contribution >= 0.6 is 0 Å². The van der Waals surface area contributed by atoms with Gasteiger partial charge in [0, 0.05) is 0 Å². The summed E-state index contributed by atoms with van der Waals surface area (Å²) in [6.45, 7) is 3.70. The van der Waals surface area contributed by atoms with Gasteiger partial charge in [-0.1, -0.05) is 13.8 Å². The number of hydrogen-bond acceptors (Lipinski definition) is 5. The Labute approximate surface area is 130 Å². The topological polar surface area (TPSA) is 88.4 Å². The van der Waals surface area contributed by atoms with Gasteiger partial charge in [0.15, 0.2) is 6.61 Å². The van der Waals surface area contributed by atoms with Crippen LogP contribution < -0.4 is 10.1 Å². The predicted octanol–water partition coefficient (Wildman–Crippen LogP) is 1.64. The standard InChI is InChI=1S/C16H20N2O4/c1-11(2)8-14(16(20)21-3)18-15(19)10-22-13-6-4-12(9-17)5-7-13/h4-7,11,14H,8,10H2,1-3H3,(H,18,19). The number of rotatable bonds is 7. The molecule has 118 valence electrons. The average Bonchev–Trinajstić information content (AvgIpc) is 2.51. The lowest BCUT2D eigenvalue weighted by molar-refractivity contribution is -0.145. The van der Waals surface area contributed by atoms with Crippen molar-refractivity contribution in [2.75, 3.05) is 13.7 Å². The second-order valence-electron chi connectivity index (χ2n) is 5.20. The summed E-state index contributed by atoms with van der Waals surface area (Å²) in [4.78, 5) is 23.5. The second kappa shape index (κ2) is 8.67. The summed E-state index contributed by atoms with van der Waals surface area (Å²) in [5, 5.41) is 11.3. The molecule has 6 heteroatoms. The number of amides is 1. The molecule has 1 N–H and O–H groups in total. The fourth-order valence-corrected chi connectivity index (χ4v) is 1.84. The van der Waals surface area contributed by atoms with Gasteiger partial charge in [0.25, 0.3) is 5.91 Å². The van der Waals surface area contributed by atoms with Gasteiger partial charge in [-0.25, -0.2) is 4.79 Å². The first kappa shape index (κ1) is 17.5. The molecule has 0 aliphatic rings. The molecular weight excluding hydrogens is 284 g/mol. The van der Waals surface area contributed by atoms with E-state index < -0.39 is 17.9 Å². The molecule has 1 aromatic carbocycles. The van der Waals surface area contributed by atoms with Crippen molar-refractivity contribution in [3.63, 3.8) is 0 Å². The van der Waals surface area contributed by atoms with E-state index in [0.29, 0.717) is 17.7 Å². The van der Waals surface area contributed by atoms with Crippen LogP contribution in [-0.2, 0) is 14.3 Å². The summed E-state index contributed by atoms with van der Waals surface area (Å²) in [5.41, 5.74) is 0.513. The van der Waals surface area contributed by atoms with E-state index in [1.807, 2.05) is 19.9 Å². The zero-order valence-electron chi connectivity index (χ0n) is 13.0. The highest BCUT2D eigenvalue weighted by Gasteiger charge is 2.22. The van der Waals surface area contributed by atoms with Gasteiger partial charge in [-0.2, -0.15) is 5.26 Å². The van der Waals surface area contributed by atoms with Crippen molar-refractivity contribution in [3.8, 4) is 11.8 Å². The maximum Gasteiger partial charge on any atom is 0.328 e. The molecule has 0 spiro atoms. The summed E-state index contributed by atoms with van der Waals surface area (Å²) < 4.78 is 9.99. The third-order valence-electron chi connectivity index (χ3n) is 2.88. The third-order valence-corrected chi connectivity index (χ3v) is 2.88. The molecule has 1 rings (SSSR count). The van der Waals surface area contributed by atoms with Crippen molar-refractivity contribution in [1.29, 1.82) is 5.26 Å². The third kappa shape index (κ3) is 5.83. The molecule has 1 aromatic rings. The van der Waals surface area contributed by atoms with Gasteiger partial charge in [-0.05, 0) is 36.6 Å². The molecule has 0 saturated heterocycles. The lowest BCUT2D eigenvalue weighted by atomic mass is 10.0. The minimum Gasteiger partial charge on any atom is -0.484 e. The summed E-state index contributed by atoms with van der Waals surface area (Å²) in [6, 6.07) is 7.74. The van der Waals surface area contributed by atoms with Gasteiger partial charge >= 0.3 is 5.97 Å². The average molecular weight is 304 g/mol. The van der Waals surface area contributed by atoms with Gasteiger partial charge in [0.2, 0.25) is 0 Å². The van der Waals surface area contributed by atoms with Crippen LogP contribution in [0.25, 0.3) is 0 Å².